The van der Waals surface area contributed by atoms with Crippen molar-refractivity contribution in [3.8, 4) is 5.75 Å². The summed E-state index contributed by atoms with van der Waals surface area (Å²) in [5, 5.41) is 0. The highest BCUT2D eigenvalue weighted by atomic mass is 79.9. The zero-order chi connectivity index (χ0) is 11.9. The molecule has 1 aliphatic rings. The number of hydrogen-bond acceptors (Lipinski definition) is 2. The van der Waals surface area contributed by atoms with Crippen LogP contribution in [0.4, 0.5) is 0 Å². The van der Waals surface area contributed by atoms with Crippen molar-refractivity contribution in [2.75, 3.05) is 6.54 Å². The maximum atomic E-state index is 12.2. The van der Waals surface area contributed by atoms with E-state index in [1.165, 1.54) is 0 Å². The van der Waals surface area contributed by atoms with Gasteiger partial charge in [-0.05, 0) is 57.8 Å². The van der Waals surface area contributed by atoms with Crippen LogP contribution in [0.15, 0.2) is 21.1 Å². The molecule has 0 N–H and O–H groups in total. The Kier molecular flexibility index (Phi) is 3.26. The first-order chi connectivity index (χ1) is 7.56. The van der Waals surface area contributed by atoms with Crippen molar-refractivity contribution in [1.29, 1.82) is 0 Å². The Morgan fingerprint density at radius 3 is 2.62 bits per heavy atom. The number of amides is 1. The maximum Gasteiger partial charge on any atom is 0.261 e. The number of halogens is 2. The average Bonchev–Trinajstić information content (AvgIpc) is 2.24. The first-order valence-electron chi connectivity index (χ1n) is 5.02. The summed E-state index contributed by atoms with van der Waals surface area (Å²) in [6, 6.07) is 3.71. The second-order valence-corrected chi connectivity index (χ2v) is 5.25. The minimum Gasteiger partial charge on any atom is -0.469 e. The second-order valence-electron chi connectivity index (χ2n) is 3.54. The third-order valence-corrected chi connectivity index (χ3v) is 3.89. The van der Waals surface area contributed by atoms with E-state index < -0.39 is 0 Å². The summed E-state index contributed by atoms with van der Waals surface area (Å²) in [6.07, 6.45) is -0.226. The molecule has 0 unspecified atom stereocenters. The summed E-state index contributed by atoms with van der Waals surface area (Å²) >= 11 is 6.78. The summed E-state index contributed by atoms with van der Waals surface area (Å²) in [7, 11) is 0. The number of fused-ring (bicyclic) bond motifs is 1. The minimum absolute atomic E-state index is 0.00410. The summed E-state index contributed by atoms with van der Waals surface area (Å²) < 4.78 is 7.32. The lowest BCUT2D eigenvalue weighted by Gasteiger charge is -2.34. The van der Waals surface area contributed by atoms with Gasteiger partial charge >= 0.3 is 0 Å². The Balaban J connectivity index is 2.59. The van der Waals surface area contributed by atoms with Crippen LogP contribution < -0.4 is 4.74 Å². The van der Waals surface area contributed by atoms with Gasteiger partial charge in [0.15, 0.2) is 6.23 Å². The van der Waals surface area contributed by atoms with Crippen molar-refractivity contribution in [1.82, 2.24) is 4.90 Å². The van der Waals surface area contributed by atoms with Gasteiger partial charge < -0.3 is 9.64 Å². The molecule has 1 heterocycles. The molecule has 0 aromatic heterocycles. The van der Waals surface area contributed by atoms with Gasteiger partial charge in [-0.25, -0.2) is 0 Å². The molecular weight excluding hydrogens is 338 g/mol. The monoisotopic (exact) mass is 347 g/mol. The van der Waals surface area contributed by atoms with Gasteiger partial charge in [0, 0.05) is 11.0 Å². The Bertz CT molecular complexity index is 448. The van der Waals surface area contributed by atoms with Crippen LogP contribution in [-0.2, 0) is 0 Å². The zero-order valence-electron chi connectivity index (χ0n) is 8.96. The van der Waals surface area contributed by atoms with Crippen molar-refractivity contribution in [2.24, 2.45) is 0 Å². The van der Waals surface area contributed by atoms with Crippen LogP contribution in [0.1, 0.15) is 24.2 Å². The maximum absolute atomic E-state index is 12.2. The summed E-state index contributed by atoms with van der Waals surface area (Å²) in [5.41, 5.74) is 0.592. The average molecular weight is 349 g/mol. The van der Waals surface area contributed by atoms with Crippen molar-refractivity contribution in [3.05, 3.63) is 26.6 Å². The van der Waals surface area contributed by atoms with E-state index in [-0.39, 0.29) is 12.1 Å². The number of benzene rings is 1. The summed E-state index contributed by atoms with van der Waals surface area (Å²) in [6.45, 7) is 4.45. The molecule has 1 aromatic carbocycles. The predicted octanol–water partition coefficient (Wildman–Crippen LogP) is 3.41. The van der Waals surface area contributed by atoms with E-state index in [0.717, 1.165) is 8.95 Å². The van der Waals surface area contributed by atoms with Crippen LogP contribution in [0.2, 0.25) is 0 Å². The van der Waals surface area contributed by atoms with Gasteiger partial charge in [0.2, 0.25) is 0 Å². The molecule has 16 heavy (non-hydrogen) atoms. The van der Waals surface area contributed by atoms with E-state index in [1.54, 1.807) is 4.90 Å². The molecule has 0 fully saturated rings. The van der Waals surface area contributed by atoms with Crippen LogP contribution >= 0.6 is 31.9 Å². The van der Waals surface area contributed by atoms with Crippen LogP contribution in [0.5, 0.6) is 5.75 Å². The lowest BCUT2D eigenvalue weighted by molar-refractivity contribution is 0.0200. The Morgan fingerprint density at radius 2 is 2.00 bits per heavy atom. The Labute approximate surface area is 111 Å². The quantitative estimate of drug-likeness (QED) is 0.778. The zero-order valence-corrected chi connectivity index (χ0v) is 12.1. The smallest absolute Gasteiger partial charge is 0.261 e. The van der Waals surface area contributed by atoms with Crippen molar-refractivity contribution in [3.63, 3.8) is 0 Å². The Morgan fingerprint density at radius 1 is 1.38 bits per heavy atom. The summed E-state index contributed by atoms with van der Waals surface area (Å²) in [4.78, 5) is 13.9. The molecule has 86 valence electrons. The van der Waals surface area contributed by atoms with E-state index >= 15 is 0 Å². The van der Waals surface area contributed by atoms with Gasteiger partial charge in [-0.1, -0.05) is 0 Å². The highest BCUT2D eigenvalue weighted by molar-refractivity contribution is 9.11. The highest BCUT2D eigenvalue weighted by Crippen LogP contribution is 2.39. The first-order valence-corrected chi connectivity index (χ1v) is 6.60. The lowest BCUT2D eigenvalue weighted by atomic mass is 10.1. The standard InChI is InChI=1S/C11H11Br2NO2/c1-3-14-6(2)16-10-8(13)5-4-7(12)9(10)11(14)15/h4-6H,3H2,1-2H3/t6-/m1/s1. The Hall–Kier alpha value is -0.550. The van der Waals surface area contributed by atoms with Gasteiger partial charge in [-0.3, -0.25) is 4.79 Å². The highest BCUT2D eigenvalue weighted by Gasteiger charge is 2.32. The minimum atomic E-state index is -0.226. The molecule has 1 aromatic rings. The first kappa shape index (κ1) is 11.9. The molecular formula is C11H11Br2NO2. The third-order valence-electron chi connectivity index (χ3n) is 2.60. The number of nitrogens with zero attached hydrogens (tertiary/aromatic N) is 1. The molecule has 0 saturated heterocycles. The van der Waals surface area contributed by atoms with Crippen LogP contribution in [0, 0.1) is 0 Å². The fourth-order valence-electron chi connectivity index (χ4n) is 1.79. The van der Waals surface area contributed by atoms with Crippen molar-refractivity contribution in [2.45, 2.75) is 20.1 Å². The largest absolute Gasteiger partial charge is 0.469 e. The van der Waals surface area contributed by atoms with Crippen LogP contribution in [0.3, 0.4) is 0 Å². The normalized spacial score (nSPS) is 19.4. The number of hydrogen-bond donors (Lipinski definition) is 0. The van der Waals surface area contributed by atoms with Gasteiger partial charge in [0.25, 0.3) is 5.91 Å². The topological polar surface area (TPSA) is 29.5 Å². The van der Waals surface area contributed by atoms with Crippen LogP contribution in [-0.4, -0.2) is 23.6 Å². The van der Waals surface area contributed by atoms with Crippen molar-refractivity contribution >= 4 is 37.8 Å². The predicted molar refractivity (Wildman–Crippen MR) is 68.6 cm³/mol. The molecule has 0 spiro atoms. The van der Waals surface area contributed by atoms with Gasteiger partial charge in [0.1, 0.15) is 5.75 Å². The molecule has 0 saturated carbocycles. The molecule has 1 amide bonds. The molecule has 3 nitrogen and oxygen atoms in total. The molecule has 1 atom stereocenters. The van der Waals surface area contributed by atoms with E-state index in [2.05, 4.69) is 31.9 Å². The fourth-order valence-corrected chi connectivity index (χ4v) is 2.70. The molecule has 1 aliphatic heterocycles. The number of carbonyl (C=O) groups is 1. The molecule has 0 radical (unpaired) electrons. The van der Waals surface area contributed by atoms with Crippen LogP contribution in [0.25, 0.3) is 0 Å². The van der Waals surface area contributed by atoms with Gasteiger partial charge in [-0.15, -0.1) is 0 Å². The number of rotatable bonds is 1. The number of carbonyl (C=O) groups excluding carboxylic acids is 1. The SMILES string of the molecule is CCN1C(=O)c2c(Br)ccc(Br)c2O[C@@H]1C. The molecule has 2 rings (SSSR count). The van der Waals surface area contributed by atoms with Gasteiger partial charge in [0.05, 0.1) is 10.0 Å². The third kappa shape index (κ3) is 1.76. The van der Waals surface area contributed by atoms with Gasteiger partial charge in [-0.2, -0.15) is 0 Å². The lowest BCUT2D eigenvalue weighted by Crippen LogP contribution is -2.45. The molecule has 0 aliphatic carbocycles. The second kappa shape index (κ2) is 4.37. The van der Waals surface area contributed by atoms with E-state index in [9.17, 15) is 4.79 Å². The van der Waals surface area contributed by atoms with E-state index in [4.69, 9.17) is 4.74 Å². The molecule has 0 bridgehead atoms. The van der Waals surface area contributed by atoms with Crippen molar-refractivity contribution < 1.29 is 9.53 Å². The van der Waals surface area contributed by atoms with E-state index in [1.807, 2.05) is 26.0 Å². The summed E-state index contributed by atoms with van der Waals surface area (Å²) in [5.74, 6) is 0.626. The molecule has 5 heteroatoms. The fraction of sp³-hybridized carbons (Fsp3) is 0.364. The van der Waals surface area contributed by atoms with E-state index in [0.29, 0.717) is 17.9 Å². The number of ether oxygens (including phenoxy) is 1.